The first-order valence-electron chi connectivity index (χ1n) is 7.10. The number of aromatic nitrogens is 4. The van der Waals surface area contributed by atoms with E-state index in [0.717, 1.165) is 30.5 Å². The molecular formula is C15H14N4OS. The van der Waals surface area contributed by atoms with Gasteiger partial charge in [-0.15, -0.1) is 11.3 Å². The van der Waals surface area contributed by atoms with Crippen molar-refractivity contribution in [2.24, 2.45) is 0 Å². The largest absolute Gasteiger partial charge is 0.286 e. The van der Waals surface area contributed by atoms with Crippen LogP contribution in [-0.2, 0) is 6.42 Å². The molecule has 0 spiro atoms. The van der Waals surface area contributed by atoms with Crippen LogP contribution in [0, 0.1) is 0 Å². The van der Waals surface area contributed by atoms with E-state index in [1.165, 1.54) is 11.3 Å². The highest BCUT2D eigenvalue weighted by molar-refractivity contribution is 7.13. The van der Waals surface area contributed by atoms with Gasteiger partial charge in [-0.05, 0) is 31.4 Å². The molecule has 0 atom stereocenters. The molecule has 3 aromatic rings. The molecule has 0 aromatic carbocycles. The van der Waals surface area contributed by atoms with Crippen molar-refractivity contribution in [3.8, 4) is 10.7 Å². The molecule has 3 heterocycles. The number of hydrogen-bond donors (Lipinski definition) is 0. The Balaban J connectivity index is 2.06. The topological polar surface area (TPSA) is 60.7 Å². The highest BCUT2D eigenvalue weighted by atomic mass is 32.1. The Bertz CT molecular complexity index is 865. The highest BCUT2D eigenvalue weighted by Crippen LogP contribution is 2.35. The molecule has 4 rings (SSSR count). The standard InChI is InChI=1S/C15H14N4OS/c1-2-9-3-6-11-13(17-9)19(10-4-5-10)15(20)12(18-11)14-16-7-8-21-14/h3,6-8,10H,2,4-5H2,1H3. The summed E-state index contributed by atoms with van der Waals surface area (Å²) in [5.74, 6) is 0. The summed E-state index contributed by atoms with van der Waals surface area (Å²) in [6, 6.07) is 4.19. The van der Waals surface area contributed by atoms with Gasteiger partial charge in [0.25, 0.3) is 5.56 Å². The third-order valence-corrected chi connectivity index (χ3v) is 4.48. The molecule has 0 unspecified atom stereocenters. The van der Waals surface area contributed by atoms with Gasteiger partial charge in [0.15, 0.2) is 11.3 Å². The molecule has 0 aliphatic heterocycles. The van der Waals surface area contributed by atoms with Crippen molar-refractivity contribution in [2.75, 3.05) is 0 Å². The Morgan fingerprint density at radius 3 is 2.86 bits per heavy atom. The lowest BCUT2D eigenvalue weighted by Gasteiger charge is -2.10. The Labute approximate surface area is 125 Å². The summed E-state index contributed by atoms with van der Waals surface area (Å²) < 4.78 is 1.82. The van der Waals surface area contributed by atoms with Crippen LogP contribution in [0.15, 0.2) is 28.5 Å². The van der Waals surface area contributed by atoms with Gasteiger partial charge in [-0.2, -0.15) is 0 Å². The molecule has 0 bridgehead atoms. The molecule has 0 N–H and O–H groups in total. The first-order chi connectivity index (χ1) is 10.3. The summed E-state index contributed by atoms with van der Waals surface area (Å²) in [7, 11) is 0. The molecule has 5 nitrogen and oxygen atoms in total. The lowest BCUT2D eigenvalue weighted by atomic mass is 10.2. The zero-order chi connectivity index (χ0) is 14.4. The van der Waals surface area contributed by atoms with E-state index in [-0.39, 0.29) is 11.6 Å². The van der Waals surface area contributed by atoms with Crippen LogP contribution in [0.2, 0.25) is 0 Å². The maximum absolute atomic E-state index is 12.8. The van der Waals surface area contributed by atoms with E-state index in [9.17, 15) is 4.79 Å². The van der Waals surface area contributed by atoms with Crippen molar-refractivity contribution in [3.05, 3.63) is 39.8 Å². The Hall–Kier alpha value is -2.08. The van der Waals surface area contributed by atoms with E-state index in [0.29, 0.717) is 16.3 Å². The van der Waals surface area contributed by atoms with Gasteiger partial charge < -0.3 is 0 Å². The van der Waals surface area contributed by atoms with E-state index >= 15 is 0 Å². The second-order valence-corrected chi connectivity index (χ2v) is 6.10. The molecule has 1 fully saturated rings. The van der Waals surface area contributed by atoms with Crippen LogP contribution in [0.1, 0.15) is 31.5 Å². The number of pyridine rings is 1. The fourth-order valence-corrected chi connectivity index (χ4v) is 3.09. The molecule has 6 heteroatoms. The lowest BCUT2D eigenvalue weighted by molar-refractivity contribution is 0.723. The van der Waals surface area contributed by atoms with E-state index in [1.807, 2.05) is 22.1 Å². The zero-order valence-electron chi connectivity index (χ0n) is 11.6. The van der Waals surface area contributed by atoms with Crippen molar-refractivity contribution in [1.82, 2.24) is 19.5 Å². The van der Waals surface area contributed by atoms with Crippen LogP contribution >= 0.6 is 11.3 Å². The van der Waals surface area contributed by atoms with Crippen LogP contribution in [0.25, 0.3) is 21.9 Å². The normalized spacial score (nSPS) is 14.7. The van der Waals surface area contributed by atoms with Crippen molar-refractivity contribution in [1.29, 1.82) is 0 Å². The van der Waals surface area contributed by atoms with Crippen molar-refractivity contribution in [2.45, 2.75) is 32.2 Å². The summed E-state index contributed by atoms with van der Waals surface area (Å²) in [4.78, 5) is 26.2. The lowest BCUT2D eigenvalue weighted by Crippen LogP contribution is -2.23. The molecule has 0 amide bonds. The monoisotopic (exact) mass is 298 g/mol. The number of rotatable bonds is 3. The van der Waals surface area contributed by atoms with E-state index in [1.54, 1.807) is 6.20 Å². The number of aryl methyl sites for hydroxylation is 1. The fraction of sp³-hybridized carbons (Fsp3) is 0.333. The van der Waals surface area contributed by atoms with Gasteiger partial charge in [0.2, 0.25) is 0 Å². The van der Waals surface area contributed by atoms with Crippen LogP contribution in [0.4, 0.5) is 0 Å². The van der Waals surface area contributed by atoms with Crippen molar-refractivity contribution in [3.63, 3.8) is 0 Å². The molecule has 0 saturated heterocycles. The molecule has 1 aliphatic carbocycles. The van der Waals surface area contributed by atoms with Crippen LogP contribution in [0.5, 0.6) is 0 Å². The molecule has 1 aliphatic rings. The first-order valence-corrected chi connectivity index (χ1v) is 7.98. The minimum atomic E-state index is -0.0688. The summed E-state index contributed by atoms with van der Waals surface area (Å²) in [5, 5.41) is 2.54. The highest BCUT2D eigenvalue weighted by Gasteiger charge is 2.29. The maximum atomic E-state index is 12.8. The molecule has 1 saturated carbocycles. The third kappa shape index (κ3) is 2.06. The number of hydrogen-bond acceptors (Lipinski definition) is 5. The smallest absolute Gasteiger partial charge is 0.281 e. The second kappa shape index (κ2) is 4.73. The van der Waals surface area contributed by atoms with Gasteiger partial charge in [-0.25, -0.2) is 15.0 Å². The van der Waals surface area contributed by atoms with E-state index < -0.39 is 0 Å². The zero-order valence-corrected chi connectivity index (χ0v) is 12.4. The third-order valence-electron chi connectivity index (χ3n) is 3.70. The Morgan fingerprint density at radius 2 is 2.19 bits per heavy atom. The molecule has 3 aromatic heterocycles. The Morgan fingerprint density at radius 1 is 1.33 bits per heavy atom. The van der Waals surface area contributed by atoms with Gasteiger partial charge >= 0.3 is 0 Å². The SMILES string of the molecule is CCc1ccc2nc(-c3nccs3)c(=O)n(C3CC3)c2n1. The quantitative estimate of drug-likeness (QED) is 0.746. The summed E-state index contributed by atoms with van der Waals surface area (Å²) >= 11 is 1.44. The summed E-state index contributed by atoms with van der Waals surface area (Å²) in [6.07, 6.45) is 4.62. The number of nitrogens with zero attached hydrogens (tertiary/aromatic N) is 4. The van der Waals surface area contributed by atoms with Crippen LogP contribution in [-0.4, -0.2) is 19.5 Å². The van der Waals surface area contributed by atoms with Gasteiger partial charge in [0.1, 0.15) is 10.5 Å². The molecule has 106 valence electrons. The Kier molecular flexibility index (Phi) is 2.85. The average molecular weight is 298 g/mol. The van der Waals surface area contributed by atoms with Gasteiger partial charge in [0.05, 0.1) is 0 Å². The van der Waals surface area contributed by atoms with Crippen LogP contribution in [0.3, 0.4) is 0 Å². The van der Waals surface area contributed by atoms with Gasteiger partial charge in [-0.1, -0.05) is 6.92 Å². The first kappa shape index (κ1) is 12.6. The second-order valence-electron chi connectivity index (χ2n) is 5.20. The number of fused-ring (bicyclic) bond motifs is 1. The fourth-order valence-electron chi connectivity index (χ4n) is 2.47. The molecule has 0 radical (unpaired) electrons. The van der Waals surface area contributed by atoms with Crippen LogP contribution < -0.4 is 5.56 Å². The van der Waals surface area contributed by atoms with Gasteiger partial charge in [0, 0.05) is 23.3 Å². The average Bonchev–Trinajstić information content (AvgIpc) is 3.19. The summed E-state index contributed by atoms with van der Waals surface area (Å²) in [5.41, 5.74) is 2.84. The van der Waals surface area contributed by atoms with E-state index in [4.69, 9.17) is 0 Å². The van der Waals surface area contributed by atoms with Gasteiger partial charge in [-0.3, -0.25) is 9.36 Å². The van der Waals surface area contributed by atoms with Crippen molar-refractivity contribution >= 4 is 22.5 Å². The maximum Gasteiger partial charge on any atom is 0.281 e. The van der Waals surface area contributed by atoms with Crippen molar-refractivity contribution < 1.29 is 0 Å². The molecular weight excluding hydrogens is 284 g/mol. The van der Waals surface area contributed by atoms with E-state index in [2.05, 4.69) is 21.9 Å². The number of thiazole rings is 1. The minimum Gasteiger partial charge on any atom is -0.286 e. The predicted molar refractivity (Wildman–Crippen MR) is 82.6 cm³/mol. The minimum absolute atomic E-state index is 0.0688. The predicted octanol–water partition coefficient (Wildman–Crippen LogP) is 2.81. The summed E-state index contributed by atoms with van der Waals surface area (Å²) in [6.45, 7) is 2.06. The molecule has 21 heavy (non-hydrogen) atoms.